The summed E-state index contributed by atoms with van der Waals surface area (Å²) in [6.45, 7) is 5.54. The standard InChI is InChI=1S/C27H32N6O2S/c1-32-14-16-33(17-15-32)13-12-28-22(34)18-21-27(35)29-26-23(25(36-21)20-10-6-3-7-11-20)24(30-31-26)19-8-4-2-5-9-19/h2-11,21,25H,12-18H2,1H3,(H,28,34)(H2,29,30,31,35). The number of hydrogen-bond donors (Lipinski definition) is 3. The topological polar surface area (TPSA) is 93.4 Å². The molecule has 9 heteroatoms. The first-order valence-corrected chi connectivity index (χ1v) is 13.4. The van der Waals surface area contributed by atoms with Crippen molar-refractivity contribution in [2.24, 2.45) is 0 Å². The van der Waals surface area contributed by atoms with Crippen LogP contribution in [0.5, 0.6) is 0 Å². The van der Waals surface area contributed by atoms with Gasteiger partial charge in [0.2, 0.25) is 11.8 Å². The van der Waals surface area contributed by atoms with E-state index in [2.05, 4.69) is 49.8 Å². The van der Waals surface area contributed by atoms with E-state index in [0.29, 0.717) is 12.4 Å². The maximum Gasteiger partial charge on any atom is 0.239 e. The Bertz CT molecular complexity index is 1180. The smallest absolute Gasteiger partial charge is 0.239 e. The molecule has 0 spiro atoms. The number of fused-ring (bicyclic) bond motifs is 1. The molecule has 0 saturated carbocycles. The number of aromatic amines is 1. The minimum Gasteiger partial charge on any atom is -0.355 e. The fraction of sp³-hybridized carbons (Fsp3) is 0.370. The number of nitrogens with zero attached hydrogens (tertiary/aromatic N) is 3. The number of thioether (sulfide) groups is 1. The third kappa shape index (κ3) is 5.64. The van der Waals surface area contributed by atoms with Gasteiger partial charge in [0.05, 0.1) is 16.2 Å². The summed E-state index contributed by atoms with van der Waals surface area (Å²) in [4.78, 5) is 30.7. The van der Waals surface area contributed by atoms with Gasteiger partial charge in [-0.2, -0.15) is 5.10 Å². The first-order valence-electron chi connectivity index (χ1n) is 12.4. The van der Waals surface area contributed by atoms with Crippen LogP contribution >= 0.6 is 11.8 Å². The van der Waals surface area contributed by atoms with Gasteiger partial charge in [0.25, 0.3) is 0 Å². The van der Waals surface area contributed by atoms with E-state index in [1.165, 1.54) is 11.8 Å². The van der Waals surface area contributed by atoms with Crippen LogP contribution in [0.4, 0.5) is 5.82 Å². The van der Waals surface area contributed by atoms with E-state index in [-0.39, 0.29) is 23.5 Å². The SMILES string of the molecule is CN1CCN(CCNC(=O)CC2SC(c3ccccc3)c3c(n[nH]c3-c3ccccc3)NC2=O)CC1. The molecule has 5 rings (SSSR count). The number of nitrogens with one attached hydrogen (secondary N) is 3. The third-order valence-corrected chi connectivity index (χ3v) is 8.27. The molecule has 8 nitrogen and oxygen atoms in total. The van der Waals surface area contributed by atoms with E-state index in [9.17, 15) is 9.59 Å². The van der Waals surface area contributed by atoms with E-state index in [0.717, 1.165) is 55.1 Å². The van der Waals surface area contributed by atoms with Gasteiger partial charge >= 0.3 is 0 Å². The Labute approximate surface area is 215 Å². The van der Waals surface area contributed by atoms with Crippen molar-refractivity contribution in [1.82, 2.24) is 25.3 Å². The number of carbonyl (C=O) groups excluding carboxylic acids is 2. The Morgan fingerprint density at radius 3 is 2.47 bits per heavy atom. The maximum atomic E-state index is 13.2. The average molecular weight is 505 g/mol. The van der Waals surface area contributed by atoms with E-state index in [4.69, 9.17) is 0 Å². The van der Waals surface area contributed by atoms with Crippen molar-refractivity contribution >= 4 is 29.4 Å². The van der Waals surface area contributed by atoms with Crippen LogP contribution in [-0.2, 0) is 9.59 Å². The average Bonchev–Trinajstić information content (AvgIpc) is 3.26. The Kier molecular flexibility index (Phi) is 7.69. The predicted octanol–water partition coefficient (Wildman–Crippen LogP) is 2.97. The zero-order valence-electron chi connectivity index (χ0n) is 20.4. The summed E-state index contributed by atoms with van der Waals surface area (Å²) < 4.78 is 0. The number of likely N-dealkylation sites (N-methyl/N-ethyl adjacent to an activating group) is 1. The second-order valence-corrected chi connectivity index (χ2v) is 10.6. The van der Waals surface area contributed by atoms with Crippen LogP contribution in [0.15, 0.2) is 60.7 Å². The van der Waals surface area contributed by atoms with Crippen LogP contribution in [0.3, 0.4) is 0 Å². The minimum atomic E-state index is -0.531. The number of rotatable bonds is 7. The first-order chi connectivity index (χ1) is 17.6. The number of carbonyl (C=O) groups is 2. The molecular weight excluding hydrogens is 472 g/mol. The summed E-state index contributed by atoms with van der Waals surface area (Å²) in [5.74, 6) is 0.228. The predicted molar refractivity (Wildman–Crippen MR) is 144 cm³/mol. The molecule has 3 aromatic rings. The molecule has 2 amide bonds. The highest BCUT2D eigenvalue weighted by Gasteiger charge is 2.36. The number of piperazine rings is 1. The summed E-state index contributed by atoms with van der Waals surface area (Å²) in [6.07, 6.45) is 0.122. The molecular formula is C27H32N6O2S. The minimum absolute atomic E-state index is 0.104. The van der Waals surface area contributed by atoms with E-state index >= 15 is 0 Å². The Hall–Kier alpha value is -3.14. The molecule has 1 aromatic heterocycles. The zero-order chi connectivity index (χ0) is 24.9. The lowest BCUT2D eigenvalue weighted by molar-refractivity contribution is -0.124. The fourth-order valence-corrected chi connectivity index (χ4v) is 6.14. The van der Waals surface area contributed by atoms with Gasteiger partial charge in [0.1, 0.15) is 0 Å². The molecule has 3 heterocycles. The van der Waals surface area contributed by atoms with Crippen LogP contribution < -0.4 is 10.6 Å². The number of H-pyrrole nitrogens is 1. The van der Waals surface area contributed by atoms with Crippen LogP contribution in [-0.4, -0.2) is 83.4 Å². The van der Waals surface area contributed by atoms with Gasteiger partial charge in [-0.25, -0.2) is 0 Å². The van der Waals surface area contributed by atoms with Crippen molar-refractivity contribution in [1.29, 1.82) is 0 Å². The summed E-state index contributed by atoms with van der Waals surface area (Å²) in [7, 11) is 2.13. The Morgan fingerprint density at radius 2 is 1.75 bits per heavy atom. The van der Waals surface area contributed by atoms with Crippen molar-refractivity contribution in [3.63, 3.8) is 0 Å². The van der Waals surface area contributed by atoms with E-state index in [1.54, 1.807) is 0 Å². The fourth-order valence-electron chi connectivity index (χ4n) is 4.70. The highest BCUT2D eigenvalue weighted by atomic mass is 32.2. The molecule has 0 aliphatic carbocycles. The molecule has 188 valence electrons. The van der Waals surface area contributed by atoms with E-state index < -0.39 is 5.25 Å². The maximum absolute atomic E-state index is 13.2. The molecule has 0 bridgehead atoms. The van der Waals surface area contributed by atoms with Gasteiger partial charge in [-0.3, -0.25) is 19.6 Å². The molecule has 2 aromatic carbocycles. The zero-order valence-corrected chi connectivity index (χ0v) is 21.3. The lowest BCUT2D eigenvalue weighted by atomic mass is 10.00. The van der Waals surface area contributed by atoms with Gasteiger partial charge in [0, 0.05) is 51.3 Å². The first kappa shape index (κ1) is 24.5. The number of benzene rings is 2. The second-order valence-electron chi connectivity index (χ2n) is 9.33. The largest absolute Gasteiger partial charge is 0.355 e. The van der Waals surface area contributed by atoms with E-state index in [1.807, 2.05) is 48.5 Å². The van der Waals surface area contributed by atoms with Gasteiger partial charge in [-0.05, 0) is 18.2 Å². The van der Waals surface area contributed by atoms with Crippen LogP contribution in [0.1, 0.15) is 22.8 Å². The van der Waals surface area contributed by atoms with Crippen molar-refractivity contribution < 1.29 is 9.59 Å². The lowest BCUT2D eigenvalue weighted by Gasteiger charge is -2.32. The number of anilines is 1. The van der Waals surface area contributed by atoms with Crippen LogP contribution in [0.25, 0.3) is 11.3 Å². The summed E-state index contributed by atoms with van der Waals surface area (Å²) >= 11 is 1.51. The van der Waals surface area contributed by atoms with Crippen molar-refractivity contribution in [3.05, 3.63) is 71.8 Å². The van der Waals surface area contributed by atoms with Crippen molar-refractivity contribution in [2.75, 3.05) is 51.6 Å². The molecule has 2 unspecified atom stereocenters. The summed E-state index contributed by atoms with van der Waals surface area (Å²) in [6, 6.07) is 20.1. The Morgan fingerprint density at radius 1 is 1.06 bits per heavy atom. The summed E-state index contributed by atoms with van der Waals surface area (Å²) in [5.41, 5.74) is 3.88. The van der Waals surface area contributed by atoms with Crippen molar-refractivity contribution in [3.8, 4) is 11.3 Å². The third-order valence-electron chi connectivity index (χ3n) is 6.78. The molecule has 2 atom stereocenters. The molecule has 1 fully saturated rings. The molecule has 0 radical (unpaired) electrons. The lowest BCUT2D eigenvalue weighted by Crippen LogP contribution is -2.47. The van der Waals surface area contributed by atoms with Crippen LogP contribution in [0, 0.1) is 0 Å². The highest BCUT2D eigenvalue weighted by Crippen LogP contribution is 2.47. The van der Waals surface area contributed by atoms with Gasteiger partial charge in [-0.15, -0.1) is 11.8 Å². The van der Waals surface area contributed by atoms with Crippen molar-refractivity contribution in [2.45, 2.75) is 16.9 Å². The number of hydrogen-bond acceptors (Lipinski definition) is 6. The highest BCUT2D eigenvalue weighted by molar-refractivity contribution is 8.01. The quantitative estimate of drug-likeness (QED) is 0.458. The normalized spacial score (nSPS) is 20.9. The monoisotopic (exact) mass is 504 g/mol. The molecule has 2 aliphatic rings. The number of aromatic nitrogens is 2. The summed E-state index contributed by atoms with van der Waals surface area (Å²) in [5, 5.41) is 12.9. The molecule has 1 saturated heterocycles. The van der Waals surface area contributed by atoms with Gasteiger partial charge < -0.3 is 15.5 Å². The molecule has 2 aliphatic heterocycles. The molecule has 3 N–H and O–H groups in total. The van der Waals surface area contributed by atoms with Gasteiger partial charge in [0.15, 0.2) is 5.82 Å². The number of amides is 2. The second kappa shape index (κ2) is 11.3. The Balaban J connectivity index is 1.32. The molecule has 36 heavy (non-hydrogen) atoms. The van der Waals surface area contributed by atoms with Gasteiger partial charge in [-0.1, -0.05) is 60.7 Å². The van der Waals surface area contributed by atoms with Crippen LogP contribution in [0.2, 0.25) is 0 Å².